The van der Waals surface area contributed by atoms with Crippen LogP contribution >= 0.6 is 15.9 Å². The molecule has 0 N–H and O–H groups in total. The number of carbonyl (C=O) groups is 2. The molecule has 0 unspecified atom stereocenters. The van der Waals surface area contributed by atoms with E-state index in [1.165, 1.54) is 12.1 Å². The van der Waals surface area contributed by atoms with Crippen molar-refractivity contribution in [2.75, 3.05) is 6.61 Å². The third-order valence-electron chi connectivity index (χ3n) is 2.17. The fourth-order valence-corrected chi connectivity index (χ4v) is 1.90. The molecular formula is C11H10BrNO5. The topological polar surface area (TPSA) is 86.5 Å². The summed E-state index contributed by atoms with van der Waals surface area (Å²) in [5, 5.41) is 10.8. The molecule has 0 amide bonds. The van der Waals surface area contributed by atoms with Gasteiger partial charge in [-0.3, -0.25) is 19.7 Å². The smallest absolute Gasteiger partial charge is 0.310 e. The van der Waals surface area contributed by atoms with Crippen LogP contribution < -0.4 is 0 Å². The van der Waals surface area contributed by atoms with E-state index >= 15 is 0 Å². The average molecular weight is 316 g/mol. The molecule has 0 spiro atoms. The van der Waals surface area contributed by atoms with E-state index in [2.05, 4.69) is 15.9 Å². The third-order valence-corrected chi connectivity index (χ3v) is 2.81. The molecule has 1 rings (SSSR count). The first-order valence-electron chi connectivity index (χ1n) is 5.07. The first kappa shape index (κ1) is 14.3. The zero-order valence-electron chi connectivity index (χ0n) is 9.51. The number of nitrogens with zero attached hydrogens (tertiary/aromatic N) is 1. The molecule has 0 aliphatic heterocycles. The highest BCUT2D eigenvalue weighted by atomic mass is 79.9. The number of ether oxygens (including phenoxy) is 1. The van der Waals surface area contributed by atoms with E-state index in [1.54, 1.807) is 6.92 Å². The van der Waals surface area contributed by atoms with Crippen LogP contribution in [0, 0.1) is 10.1 Å². The van der Waals surface area contributed by atoms with Crippen molar-refractivity contribution in [3.63, 3.8) is 0 Å². The number of rotatable bonds is 5. The van der Waals surface area contributed by atoms with Gasteiger partial charge in [0.25, 0.3) is 5.69 Å². The predicted octanol–water partition coefficient (Wildman–Crippen LogP) is 2.28. The summed E-state index contributed by atoms with van der Waals surface area (Å²) >= 11 is 3.00. The third kappa shape index (κ3) is 3.36. The molecule has 0 aromatic heterocycles. The van der Waals surface area contributed by atoms with E-state index in [9.17, 15) is 19.7 Å². The van der Waals surface area contributed by atoms with E-state index in [-0.39, 0.29) is 34.3 Å². The van der Waals surface area contributed by atoms with Gasteiger partial charge in [-0.1, -0.05) is 0 Å². The Morgan fingerprint density at radius 2 is 2.22 bits per heavy atom. The van der Waals surface area contributed by atoms with E-state index in [0.29, 0.717) is 6.29 Å². The predicted molar refractivity (Wildman–Crippen MR) is 66.5 cm³/mol. The Balaban J connectivity index is 3.15. The Kier molecular flexibility index (Phi) is 4.96. The Morgan fingerprint density at radius 3 is 2.72 bits per heavy atom. The minimum absolute atomic E-state index is 0.171. The van der Waals surface area contributed by atoms with Crippen molar-refractivity contribution in [2.24, 2.45) is 0 Å². The second-order valence-corrected chi connectivity index (χ2v) is 4.21. The van der Waals surface area contributed by atoms with Gasteiger partial charge in [0.2, 0.25) is 0 Å². The largest absolute Gasteiger partial charge is 0.466 e. The fourth-order valence-electron chi connectivity index (χ4n) is 1.39. The first-order chi connectivity index (χ1) is 8.49. The number of hydrogen-bond donors (Lipinski definition) is 0. The molecule has 0 atom stereocenters. The highest BCUT2D eigenvalue weighted by Crippen LogP contribution is 2.28. The normalized spacial score (nSPS) is 9.89. The number of benzene rings is 1. The first-order valence-corrected chi connectivity index (χ1v) is 5.86. The van der Waals surface area contributed by atoms with Crippen LogP contribution in [0.2, 0.25) is 0 Å². The quantitative estimate of drug-likeness (QED) is 0.360. The molecular weight excluding hydrogens is 306 g/mol. The van der Waals surface area contributed by atoms with Crippen LogP contribution in [0.1, 0.15) is 22.8 Å². The van der Waals surface area contributed by atoms with Crippen LogP contribution in [0.5, 0.6) is 0 Å². The van der Waals surface area contributed by atoms with Gasteiger partial charge < -0.3 is 4.74 Å². The zero-order chi connectivity index (χ0) is 13.7. The lowest BCUT2D eigenvalue weighted by atomic mass is 10.0. The van der Waals surface area contributed by atoms with E-state index in [1.807, 2.05) is 0 Å². The molecule has 0 heterocycles. The minimum atomic E-state index is -0.590. The molecule has 96 valence electrons. The Bertz CT molecular complexity index is 500. The number of esters is 1. The number of halogens is 1. The van der Waals surface area contributed by atoms with Gasteiger partial charge in [-0.2, -0.15) is 0 Å². The molecule has 1 aromatic rings. The van der Waals surface area contributed by atoms with Crippen molar-refractivity contribution < 1.29 is 19.2 Å². The molecule has 0 aliphatic rings. The molecule has 1 aromatic carbocycles. The van der Waals surface area contributed by atoms with Gasteiger partial charge in [0, 0.05) is 11.6 Å². The van der Waals surface area contributed by atoms with Crippen molar-refractivity contribution in [1.82, 2.24) is 0 Å². The summed E-state index contributed by atoms with van der Waals surface area (Å²) < 4.78 is 4.94. The Hall–Kier alpha value is -1.76. The van der Waals surface area contributed by atoms with Gasteiger partial charge in [-0.25, -0.2) is 0 Å². The number of hydrogen-bond acceptors (Lipinski definition) is 5. The molecule has 0 saturated heterocycles. The standard InChI is InChI=1S/C11H10BrNO5/c1-2-18-11(15)5-7-4-10(13(16)17)9(12)3-8(7)6-14/h3-4,6H,2,5H2,1H3. The zero-order valence-corrected chi connectivity index (χ0v) is 11.1. The summed E-state index contributed by atoms with van der Waals surface area (Å²) in [6.07, 6.45) is 0.374. The Morgan fingerprint density at radius 1 is 1.56 bits per heavy atom. The lowest BCUT2D eigenvalue weighted by Crippen LogP contribution is -2.09. The minimum Gasteiger partial charge on any atom is -0.466 e. The monoisotopic (exact) mass is 315 g/mol. The summed E-state index contributed by atoms with van der Waals surface area (Å²) in [4.78, 5) is 32.4. The number of nitro groups is 1. The van der Waals surface area contributed by atoms with Gasteiger partial charge in [-0.05, 0) is 34.5 Å². The summed E-state index contributed by atoms with van der Waals surface area (Å²) in [7, 11) is 0. The van der Waals surface area contributed by atoms with Crippen LogP contribution in [-0.2, 0) is 16.0 Å². The maximum Gasteiger partial charge on any atom is 0.310 e. The van der Waals surface area contributed by atoms with Gasteiger partial charge in [-0.15, -0.1) is 0 Å². The van der Waals surface area contributed by atoms with Gasteiger partial charge in [0.15, 0.2) is 0 Å². The van der Waals surface area contributed by atoms with Crippen molar-refractivity contribution in [3.05, 3.63) is 37.8 Å². The molecule has 18 heavy (non-hydrogen) atoms. The summed E-state index contributed by atoms with van der Waals surface area (Å²) in [5.41, 5.74) is 0.304. The van der Waals surface area contributed by atoms with Crippen LogP contribution in [0.4, 0.5) is 5.69 Å². The summed E-state index contributed by atoms with van der Waals surface area (Å²) in [6.45, 7) is 1.87. The van der Waals surface area contributed by atoms with Crippen molar-refractivity contribution in [3.8, 4) is 0 Å². The molecule has 7 heteroatoms. The van der Waals surface area contributed by atoms with Crippen molar-refractivity contribution >= 4 is 33.9 Å². The van der Waals surface area contributed by atoms with Crippen LogP contribution in [-0.4, -0.2) is 23.8 Å². The number of carbonyl (C=O) groups excluding carboxylic acids is 2. The SMILES string of the molecule is CCOC(=O)Cc1cc([N+](=O)[O-])c(Br)cc1C=O. The molecule has 0 aliphatic carbocycles. The maximum atomic E-state index is 11.3. The van der Waals surface area contributed by atoms with Gasteiger partial charge in [0.1, 0.15) is 6.29 Å². The van der Waals surface area contributed by atoms with E-state index in [4.69, 9.17) is 4.74 Å². The molecule has 6 nitrogen and oxygen atoms in total. The summed E-state index contributed by atoms with van der Waals surface area (Å²) in [6, 6.07) is 2.52. The molecule has 0 bridgehead atoms. The van der Waals surface area contributed by atoms with Crippen molar-refractivity contribution in [2.45, 2.75) is 13.3 Å². The molecule has 0 saturated carbocycles. The van der Waals surface area contributed by atoms with Gasteiger partial charge in [0.05, 0.1) is 22.4 Å². The fraction of sp³-hybridized carbons (Fsp3) is 0.273. The second-order valence-electron chi connectivity index (χ2n) is 3.36. The highest BCUT2D eigenvalue weighted by molar-refractivity contribution is 9.10. The second kappa shape index (κ2) is 6.25. The lowest BCUT2D eigenvalue weighted by molar-refractivity contribution is -0.385. The Labute approximate surface area is 111 Å². The van der Waals surface area contributed by atoms with Crippen molar-refractivity contribution in [1.29, 1.82) is 0 Å². The molecule has 0 fully saturated rings. The average Bonchev–Trinajstić information content (AvgIpc) is 2.30. The highest BCUT2D eigenvalue weighted by Gasteiger charge is 2.18. The molecule has 0 radical (unpaired) electrons. The van der Waals surface area contributed by atoms with Gasteiger partial charge >= 0.3 is 5.97 Å². The van der Waals surface area contributed by atoms with Crippen LogP contribution in [0.3, 0.4) is 0 Å². The van der Waals surface area contributed by atoms with E-state index in [0.717, 1.165) is 0 Å². The number of aldehydes is 1. The van der Waals surface area contributed by atoms with Crippen LogP contribution in [0.15, 0.2) is 16.6 Å². The number of nitro benzene ring substituents is 1. The van der Waals surface area contributed by atoms with E-state index < -0.39 is 10.9 Å². The summed E-state index contributed by atoms with van der Waals surface area (Å²) in [5.74, 6) is -0.530. The maximum absolute atomic E-state index is 11.3. The lowest BCUT2D eigenvalue weighted by Gasteiger charge is -2.06. The van der Waals surface area contributed by atoms with Crippen LogP contribution in [0.25, 0.3) is 0 Å².